The highest BCUT2D eigenvalue weighted by molar-refractivity contribution is 5.82. The molecule has 210 valence electrons. The molecule has 0 aromatic rings. The maximum absolute atomic E-state index is 14.6. The summed E-state index contributed by atoms with van der Waals surface area (Å²) in [7, 11) is 0. The maximum atomic E-state index is 14.6. The summed E-state index contributed by atoms with van der Waals surface area (Å²) in [4.78, 5) is 18.8. The van der Waals surface area contributed by atoms with Gasteiger partial charge in [0.15, 0.2) is 0 Å². The van der Waals surface area contributed by atoms with Crippen LogP contribution in [0, 0.1) is 11.8 Å². The average Bonchev–Trinajstić information content (AvgIpc) is 2.89. The van der Waals surface area contributed by atoms with Crippen LogP contribution in [0.15, 0.2) is 23.7 Å². The van der Waals surface area contributed by atoms with Crippen molar-refractivity contribution in [3.05, 3.63) is 23.7 Å². The number of alkyl halides is 1. The number of morpholine rings is 1. The van der Waals surface area contributed by atoms with Gasteiger partial charge in [-0.1, -0.05) is 26.3 Å². The number of amides is 1. The van der Waals surface area contributed by atoms with E-state index in [2.05, 4.69) is 44.9 Å². The maximum Gasteiger partial charge on any atom is 0.232 e. The first kappa shape index (κ1) is 28.3. The summed E-state index contributed by atoms with van der Waals surface area (Å²) in [5.74, 6) is -0.487. The van der Waals surface area contributed by atoms with E-state index in [9.17, 15) is 9.18 Å². The van der Waals surface area contributed by atoms with E-state index in [1.165, 1.54) is 0 Å². The van der Waals surface area contributed by atoms with Crippen LogP contribution in [0.3, 0.4) is 0 Å². The number of rotatable bonds is 6. The van der Waals surface area contributed by atoms with Gasteiger partial charge in [-0.05, 0) is 32.1 Å². The summed E-state index contributed by atoms with van der Waals surface area (Å²) in [6.07, 6.45) is 5.53. The number of hydrogen-bond acceptors (Lipinski definition) is 8. The Bertz CT molecular complexity index is 825. The van der Waals surface area contributed by atoms with Gasteiger partial charge in [0.2, 0.25) is 5.91 Å². The molecule has 6 unspecified atom stereocenters. The van der Waals surface area contributed by atoms with Crippen molar-refractivity contribution in [3.8, 4) is 0 Å². The first-order chi connectivity index (χ1) is 17.9. The molecule has 0 aromatic heterocycles. The van der Waals surface area contributed by atoms with Crippen molar-refractivity contribution in [1.82, 2.24) is 31.1 Å². The second-order valence-electron chi connectivity index (χ2n) is 11.2. The number of carbonyl (C=O) groups excluding carboxylic acids is 1. The lowest BCUT2D eigenvalue weighted by Crippen LogP contribution is -2.62. The normalized spacial score (nSPS) is 36.6. The monoisotopic (exact) mass is 521 g/mol. The van der Waals surface area contributed by atoms with Crippen molar-refractivity contribution in [2.24, 2.45) is 17.6 Å². The van der Waals surface area contributed by atoms with Crippen LogP contribution < -0.4 is 27.0 Å². The van der Waals surface area contributed by atoms with Gasteiger partial charge < -0.3 is 31.7 Å². The molecule has 7 atom stereocenters. The van der Waals surface area contributed by atoms with E-state index in [0.29, 0.717) is 12.5 Å². The zero-order chi connectivity index (χ0) is 26.4. The number of nitrogens with one attached hydrogen (secondary N) is 4. The lowest BCUT2D eigenvalue weighted by atomic mass is 9.92. The fourth-order valence-corrected chi connectivity index (χ4v) is 6.18. The molecule has 0 bridgehead atoms. The number of carbonyl (C=O) groups is 1. The Balaban J connectivity index is 1.47. The van der Waals surface area contributed by atoms with Crippen molar-refractivity contribution in [2.45, 2.75) is 76.9 Å². The lowest BCUT2D eigenvalue weighted by molar-refractivity contribution is -0.126. The molecule has 4 aliphatic heterocycles. The molecule has 4 aliphatic rings. The Hall–Kier alpha value is -1.72. The molecule has 0 saturated carbocycles. The van der Waals surface area contributed by atoms with Gasteiger partial charge in [-0.2, -0.15) is 0 Å². The smallest absolute Gasteiger partial charge is 0.232 e. The number of allylic oxidation sites excluding steroid dienone is 2. The molecule has 4 rings (SSSR count). The number of halogens is 1. The number of nitrogens with two attached hydrogens (primary N) is 1. The lowest BCUT2D eigenvalue weighted by Gasteiger charge is -2.47. The van der Waals surface area contributed by atoms with Gasteiger partial charge in [0.05, 0.1) is 37.0 Å². The van der Waals surface area contributed by atoms with Crippen LogP contribution in [0.1, 0.15) is 46.5 Å². The van der Waals surface area contributed by atoms with Gasteiger partial charge in [-0.25, -0.2) is 4.39 Å². The summed E-state index contributed by atoms with van der Waals surface area (Å²) >= 11 is 0. The van der Waals surface area contributed by atoms with Gasteiger partial charge in [0.25, 0.3) is 0 Å². The SMILES string of the molecule is CCCC(C)/C1=C/CC(F)CNC(C)C(C(=O)NC2=CNCCC2N2CCN3CCOC[C@@H]3C2)C(N)N1. The third kappa shape index (κ3) is 7.23. The highest BCUT2D eigenvalue weighted by atomic mass is 19.1. The van der Waals surface area contributed by atoms with E-state index in [1.54, 1.807) is 0 Å². The zero-order valence-corrected chi connectivity index (χ0v) is 22.8. The van der Waals surface area contributed by atoms with Crippen molar-refractivity contribution in [2.75, 3.05) is 52.5 Å². The Morgan fingerprint density at radius 1 is 1.32 bits per heavy atom. The molecule has 0 radical (unpaired) electrons. The van der Waals surface area contributed by atoms with E-state index in [1.807, 2.05) is 19.2 Å². The van der Waals surface area contributed by atoms with Crippen LogP contribution in [0.4, 0.5) is 4.39 Å². The molecule has 0 aliphatic carbocycles. The fourth-order valence-electron chi connectivity index (χ4n) is 6.18. The molecule has 9 nitrogen and oxygen atoms in total. The van der Waals surface area contributed by atoms with Crippen LogP contribution in [-0.4, -0.2) is 98.7 Å². The fraction of sp³-hybridized carbons (Fsp3) is 0.815. The summed E-state index contributed by atoms with van der Waals surface area (Å²) < 4.78 is 20.3. The molecule has 2 fully saturated rings. The summed E-state index contributed by atoms with van der Waals surface area (Å²) in [5.41, 5.74) is 8.49. The van der Waals surface area contributed by atoms with E-state index >= 15 is 0 Å². The third-order valence-electron chi connectivity index (χ3n) is 8.43. The first-order valence-corrected chi connectivity index (χ1v) is 14.3. The average molecular weight is 522 g/mol. The number of hydrogen-bond donors (Lipinski definition) is 5. The summed E-state index contributed by atoms with van der Waals surface area (Å²) in [6, 6.07) is 0.245. The van der Waals surface area contributed by atoms with Gasteiger partial charge in [0.1, 0.15) is 6.17 Å². The van der Waals surface area contributed by atoms with E-state index in [-0.39, 0.29) is 30.5 Å². The number of nitrogens with zero attached hydrogens (tertiary/aromatic N) is 2. The Morgan fingerprint density at radius 3 is 2.95 bits per heavy atom. The van der Waals surface area contributed by atoms with E-state index in [4.69, 9.17) is 10.5 Å². The number of fused-ring (bicyclic) bond motifs is 1. The van der Waals surface area contributed by atoms with Gasteiger partial charge in [-0.15, -0.1) is 0 Å². The van der Waals surface area contributed by atoms with Crippen molar-refractivity contribution in [1.29, 1.82) is 0 Å². The highest BCUT2D eigenvalue weighted by Crippen LogP contribution is 2.23. The standard InChI is InChI=1S/C27H48FN7O2/c1-4-5-18(2)22-7-6-20(28)14-31-19(3)25(26(29)32-22)27(36)33-23-15-30-9-8-24(23)35-11-10-34-12-13-37-17-21(34)16-35/h7,15,18-21,24-26,30-32H,4-6,8-14,16-17,29H2,1-3H3,(H,33,36)/b22-7-/t18?,19?,20?,21-,24?,25?,26?/m0/s1. The molecular formula is C27H48FN7O2. The molecular weight excluding hydrogens is 473 g/mol. The minimum absolute atomic E-state index is 0.136. The van der Waals surface area contributed by atoms with Gasteiger partial charge in [0, 0.05) is 63.2 Å². The van der Waals surface area contributed by atoms with Gasteiger partial charge in [-0.3, -0.25) is 14.6 Å². The van der Waals surface area contributed by atoms with E-state index in [0.717, 1.165) is 76.6 Å². The van der Waals surface area contributed by atoms with E-state index < -0.39 is 18.3 Å². The predicted octanol–water partition coefficient (Wildman–Crippen LogP) is 0.853. The molecule has 4 heterocycles. The van der Waals surface area contributed by atoms with Crippen LogP contribution in [0.2, 0.25) is 0 Å². The van der Waals surface area contributed by atoms with Crippen LogP contribution in [0.25, 0.3) is 0 Å². The van der Waals surface area contributed by atoms with Crippen molar-refractivity contribution in [3.63, 3.8) is 0 Å². The summed E-state index contributed by atoms with van der Waals surface area (Å²) in [6.45, 7) is 12.8. The van der Waals surface area contributed by atoms with Gasteiger partial charge >= 0.3 is 0 Å². The zero-order valence-electron chi connectivity index (χ0n) is 22.8. The third-order valence-corrected chi connectivity index (χ3v) is 8.43. The minimum atomic E-state index is -1.01. The minimum Gasteiger partial charge on any atom is -0.389 e. The number of piperazine rings is 1. The predicted molar refractivity (Wildman–Crippen MR) is 144 cm³/mol. The topological polar surface area (TPSA) is 107 Å². The molecule has 6 N–H and O–H groups in total. The Kier molecular flexibility index (Phi) is 10.2. The highest BCUT2D eigenvalue weighted by Gasteiger charge is 2.38. The molecule has 0 spiro atoms. The Morgan fingerprint density at radius 2 is 2.14 bits per heavy atom. The van der Waals surface area contributed by atoms with Crippen molar-refractivity contribution < 1.29 is 13.9 Å². The molecule has 37 heavy (non-hydrogen) atoms. The van der Waals surface area contributed by atoms with Crippen LogP contribution in [0.5, 0.6) is 0 Å². The molecule has 1 amide bonds. The molecule has 10 heteroatoms. The van der Waals surface area contributed by atoms with Crippen molar-refractivity contribution >= 4 is 5.91 Å². The molecule has 2 saturated heterocycles. The Labute approximate surface area is 221 Å². The quantitative estimate of drug-likeness (QED) is 0.350. The number of ether oxygens (including phenoxy) is 1. The van der Waals surface area contributed by atoms with Crippen LogP contribution in [-0.2, 0) is 9.53 Å². The van der Waals surface area contributed by atoms with Crippen LogP contribution >= 0.6 is 0 Å². The molecule has 0 aromatic carbocycles. The largest absolute Gasteiger partial charge is 0.389 e. The second-order valence-corrected chi connectivity index (χ2v) is 11.2. The summed E-state index contributed by atoms with van der Waals surface area (Å²) in [5, 5.41) is 13.2. The second kappa shape index (κ2) is 13.4. The first-order valence-electron chi connectivity index (χ1n) is 14.3.